The van der Waals surface area contributed by atoms with Crippen molar-refractivity contribution in [1.82, 2.24) is 4.31 Å². The van der Waals surface area contributed by atoms with Gasteiger partial charge in [0.05, 0.1) is 4.92 Å². The maximum Gasteiger partial charge on any atom is 0.290 e. The largest absolute Gasteiger partial charge is 0.290 e. The molecule has 2 aromatic carbocycles. The Labute approximate surface area is 144 Å². The van der Waals surface area contributed by atoms with Gasteiger partial charge in [-0.15, -0.1) is 0 Å². The minimum atomic E-state index is -4.00. The summed E-state index contributed by atoms with van der Waals surface area (Å²) in [5.74, 6) is 0. The fraction of sp³-hybridized carbons (Fsp3) is 0.250. The monoisotopic (exact) mass is 366 g/mol. The van der Waals surface area contributed by atoms with Crippen LogP contribution in [0, 0.1) is 10.1 Å². The zero-order chi connectivity index (χ0) is 17.3. The molecule has 0 spiro atoms. The molecular formula is C16H15ClN2O4S. The van der Waals surface area contributed by atoms with Crippen LogP contribution >= 0.6 is 11.6 Å². The maximum absolute atomic E-state index is 13.0. The number of benzene rings is 2. The topological polar surface area (TPSA) is 80.5 Å². The van der Waals surface area contributed by atoms with Crippen molar-refractivity contribution in [3.05, 3.63) is 69.2 Å². The summed E-state index contributed by atoms with van der Waals surface area (Å²) in [4.78, 5) is 10.2. The van der Waals surface area contributed by atoms with Gasteiger partial charge in [0.15, 0.2) is 4.90 Å². The van der Waals surface area contributed by atoms with Crippen molar-refractivity contribution in [3.8, 4) is 0 Å². The predicted octanol–water partition coefficient (Wildman–Crippen LogP) is 3.60. The summed E-state index contributed by atoms with van der Waals surface area (Å²) in [5.41, 5.74) is 0.339. The van der Waals surface area contributed by atoms with E-state index in [1.807, 2.05) is 30.3 Å². The van der Waals surface area contributed by atoms with Gasteiger partial charge in [-0.1, -0.05) is 41.9 Å². The molecule has 0 N–H and O–H groups in total. The number of hydrogen-bond acceptors (Lipinski definition) is 4. The van der Waals surface area contributed by atoms with E-state index < -0.39 is 20.6 Å². The molecule has 1 aliphatic rings. The highest BCUT2D eigenvalue weighted by Crippen LogP contribution is 2.37. The van der Waals surface area contributed by atoms with Crippen molar-refractivity contribution in [2.24, 2.45) is 0 Å². The lowest BCUT2D eigenvalue weighted by Gasteiger charge is -2.22. The molecule has 3 rings (SSSR count). The zero-order valence-corrected chi connectivity index (χ0v) is 14.2. The summed E-state index contributed by atoms with van der Waals surface area (Å²) in [6, 6.07) is 12.7. The molecule has 0 unspecified atom stereocenters. The Morgan fingerprint density at radius 1 is 1.17 bits per heavy atom. The molecule has 24 heavy (non-hydrogen) atoms. The number of nitrogens with zero attached hydrogens (tertiary/aromatic N) is 2. The number of halogens is 1. The quantitative estimate of drug-likeness (QED) is 0.577. The van der Waals surface area contributed by atoms with E-state index in [1.165, 1.54) is 16.4 Å². The van der Waals surface area contributed by atoms with Crippen LogP contribution in [0.3, 0.4) is 0 Å². The number of hydrogen-bond donors (Lipinski definition) is 0. The third-order valence-corrected chi connectivity index (χ3v) is 6.02. The van der Waals surface area contributed by atoms with Gasteiger partial charge >= 0.3 is 0 Å². The predicted molar refractivity (Wildman–Crippen MR) is 90.3 cm³/mol. The van der Waals surface area contributed by atoms with Gasteiger partial charge in [-0.3, -0.25) is 10.1 Å². The smallest absolute Gasteiger partial charge is 0.258 e. The van der Waals surface area contributed by atoms with Crippen molar-refractivity contribution < 1.29 is 13.3 Å². The first-order valence-electron chi connectivity index (χ1n) is 7.39. The molecule has 0 atom stereocenters. The molecule has 0 radical (unpaired) electrons. The highest BCUT2D eigenvalue weighted by atomic mass is 35.5. The Kier molecular flexibility index (Phi) is 4.58. The summed E-state index contributed by atoms with van der Waals surface area (Å²) < 4.78 is 27.4. The van der Waals surface area contributed by atoms with E-state index in [2.05, 4.69) is 0 Å². The fourth-order valence-corrected chi connectivity index (χ4v) is 4.49. The average molecular weight is 367 g/mol. The van der Waals surface area contributed by atoms with Crippen molar-refractivity contribution >= 4 is 27.3 Å². The first kappa shape index (κ1) is 16.9. The van der Waals surface area contributed by atoms with E-state index in [4.69, 9.17) is 11.6 Å². The van der Waals surface area contributed by atoms with Crippen molar-refractivity contribution in [3.63, 3.8) is 0 Å². The lowest BCUT2D eigenvalue weighted by molar-refractivity contribution is -0.387. The summed E-state index contributed by atoms with van der Waals surface area (Å²) in [6.07, 6.45) is 1.51. The van der Waals surface area contributed by atoms with Crippen molar-refractivity contribution in [1.29, 1.82) is 0 Å². The van der Waals surface area contributed by atoms with Gasteiger partial charge in [0.1, 0.15) is 0 Å². The van der Waals surface area contributed by atoms with E-state index in [9.17, 15) is 18.5 Å². The van der Waals surface area contributed by atoms with Crippen LogP contribution in [0.5, 0.6) is 0 Å². The van der Waals surface area contributed by atoms with E-state index >= 15 is 0 Å². The molecule has 1 saturated carbocycles. The van der Waals surface area contributed by atoms with Crippen LogP contribution in [0.15, 0.2) is 53.4 Å². The molecule has 0 heterocycles. The minimum absolute atomic E-state index is 0.120. The Balaban J connectivity index is 2.03. The molecule has 6 nitrogen and oxygen atoms in total. The lowest BCUT2D eigenvalue weighted by Crippen LogP contribution is -2.33. The Morgan fingerprint density at radius 3 is 2.42 bits per heavy atom. The summed E-state index contributed by atoms with van der Waals surface area (Å²) >= 11 is 5.78. The van der Waals surface area contributed by atoms with Crippen LogP contribution in [-0.2, 0) is 16.6 Å². The average Bonchev–Trinajstić information content (AvgIpc) is 3.37. The van der Waals surface area contributed by atoms with Gasteiger partial charge in [-0.25, -0.2) is 8.42 Å². The molecule has 0 amide bonds. The molecule has 0 aliphatic heterocycles. The first-order chi connectivity index (χ1) is 11.4. The molecule has 2 aromatic rings. The zero-order valence-electron chi connectivity index (χ0n) is 12.6. The second-order valence-electron chi connectivity index (χ2n) is 5.64. The molecule has 8 heteroatoms. The highest BCUT2D eigenvalue weighted by molar-refractivity contribution is 7.89. The van der Waals surface area contributed by atoms with Gasteiger partial charge in [0.25, 0.3) is 5.69 Å². The van der Waals surface area contributed by atoms with Gasteiger partial charge in [0, 0.05) is 23.7 Å². The van der Waals surface area contributed by atoms with Crippen molar-refractivity contribution in [2.45, 2.75) is 30.3 Å². The van der Waals surface area contributed by atoms with Gasteiger partial charge in [-0.2, -0.15) is 4.31 Å². The molecular weight excluding hydrogens is 352 g/mol. The van der Waals surface area contributed by atoms with Gasteiger partial charge in [0.2, 0.25) is 10.0 Å². The van der Waals surface area contributed by atoms with Gasteiger partial charge < -0.3 is 0 Å². The normalized spacial score (nSPS) is 14.8. The van der Waals surface area contributed by atoms with E-state index in [-0.39, 0.29) is 22.5 Å². The third-order valence-electron chi connectivity index (χ3n) is 3.84. The molecule has 0 saturated heterocycles. The van der Waals surface area contributed by atoms with Crippen LogP contribution in [0.1, 0.15) is 18.4 Å². The van der Waals surface area contributed by atoms with E-state index in [0.29, 0.717) is 0 Å². The van der Waals surface area contributed by atoms with E-state index in [1.54, 1.807) is 0 Å². The Morgan fingerprint density at radius 2 is 1.83 bits per heavy atom. The standard InChI is InChI=1S/C16H15ClN2O4S/c17-13-6-9-16(15(10-13)19(20)21)24(22,23)18(14-7-8-14)11-12-4-2-1-3-5-12/h1-6,9-10,14H,7-8,11H2. The Hall–Kier alpha value is -1.96. The van der Waals surface area contributed by atoms with Crippen LogP contribution in [0.2, 0.25) is 5.02 Å². The van der Waals surface area contributed by atoms with Gasteiger partial charge in [-0.05, 0) is 30.5 Å². The van der Waals surface area contributed by atoms with E-state index in [0.717, 1.165) is 24.5 Å². The third kappa shape index (κ3) is 3.43. The SMILES string of the molecule is O=[N+]([O-])c1cc(Cl)ccc1S(=O)(=O)N(Cc1ccccc1)C1CC1. The number of nitro groups is 1. The van der Waals surface area contributed by atoms with Crippen molar-refractivity contribution in [2.75, 3.05) is 0 Å². The lowest BCUT2D eigenvalue weighted by atomic mass is 10.2. The number of sulfonamides is 1. The molecule has 1 fully saturated rings. The number of nitro benzene ring substituents is 1. The Bertz CT molecular complexity index is 867. The number of rotatable bonds is 6. The second-order valence-corrected chi connectivity index (χ2v) is 7.93. The molecule has 126 valence electrons. The molecule has 0 bridgehead atoms. The molecule has 0 aromatic heterocycles. The summed E-state index contributed by atoms with van der Waals surface area (Å²) in [5, 5.41) is 11.4. The molecule has 1 aliphatic carbocycles. The fourth-order valence-electron chi connectivity index (χ4n) is 2.51. The highest BCUT2D eigenvalue weighted by Gasteiger charge is 2.40. The second kappa shape index (κ2) is 6.51. The maximum atomic E-state index is 13.0. The van der Waals surface area contributed by atoms with Crippen LogP contribution < -0.4 is 0 Å². The van der Waals surface area contributed by atoms with Crippen LogP contribution in [0.25, 0.3) is 0 Å². The first-order valence-corrected chi connectivity index (χ1v) is 9.21. The minimum Gasteiger partial charge on any atom is -0.258 e. The summed E-state index contributed by atoms with van der Waals surface area (Å²) in [7, 11) is -4.00. The summed E-state index contributed by atoms with van der Waals surface area (Å²) in [6.45, 7) is 0.188. The van der Waals surface area contributed by atoms with Crippen LogP contribution in [0.4, 0.5) is 5.69 Å². The van der Waals surface area contributed by atoms with Crippen LogP contribution in [-0.4, -0.2) is 23.7 Å².